The largest absolute Gasteiger partial charge is 0.353 e. The van der Waals surface area contributed by atoms with Gasteiger partial charge < -0.3 is 18.9 Å². The van der Waals surface area contributed by atoms with Crippen molar-refractivity contribution in [1.29, 1.82) is 0 Å². The molecule has 1 heterocycles. The maximum absolute atomic E-state index is 12.3. The Labute approximate surface area is 329 Å². The van der Waals surface area contributed by atoms with Crippen LogP contribution in [0.4, 0.5) is 0 Å². The fourth-order valence-electron chi connectivity index (χ4n) is 4.07. The van der Waals surface area contributed by atoms with Crippen molar-refractivity contribution >= 4 is 114 Å². The molecule has 9 nitrogen and oxygen atoms in total. The molecule has 0 saturated heterocycles. The molecule has 0 unspecified atom stereocenters. The summed E-state index contributed by atoms with van der Waals surface area (Å²) in [6, 6.07) is 6.37. The second-order valence-corrected chi connectivity index (χ2v) is 18.6. The first-order chi connectivity index (χ1) is 22.7. The SMILES string of the molecule is CC1=C(CCC(OCC(Cl)(Cl)Cl)OCC(Cl)(Cl)Cl)C(=O)SC1.CCOC(CC/C(C(=O)S)=C(\C)COS(=O)(=O)c1ccc(C)cc1)OCC. The highest BCUT2D eigenvalue weighted by Crippen LogP contribution is 2.32. The van der Waals surface area contributed by atoms with E-state index >= 15 is 0 Å². The topological polar surface area (TPSA) is 114 Å². The molecule has 1 aromatic rings. The molecule has 0 saturated carbocycles. The molecule has 1 aliphatic rings. The molecule has 0 amide bonds. The van der Waals surface area contributed by atoms with Crippen molar-refractivity contribution in [2.45, 2.75) is 85.4 Å². The first-order valence-electron chi connectivity index (χ1n) is 15.0. The van der Waals surface area contributed by atoms with Crippen LogP contribution in [0.1, 0.15) is 58.9 Å². The molecule has 1 aromatic carbocycles. The molecule has 280 valence electrons. The van der Waals surface area contributed by atoms with Gasteiger partial charge in [0.1, 0.15) is 0 Å². The average Bonchev–Trinajstić information content (AvgIpc) is 3.31. The Hall–Kier alpha value is 0.230. The lowest BCUT2D eigenvalue weighted by molar-refractivity contribution is -0.143. The molecular weight excluding hydrogens is 825 g/mol. The van der Waals surface area contributed by atoms with Crippen LogP contribution < -0.4 is 0 Å². The highest BCUT2D eigenvalue weighted by molar-refractivity contribution is 8.14. The number of hydrogen-bond acceptors (Lipinski definition) is 10. The third kappa shape index (κ3) is 20.3. The number of aryl methyl sites for hydroxylation is 1. The summed E-state index contributed by atoms with van der Waals surface area (Å²) < 4.78 is 48.3. The van der Waals surface area contributed by atoms with E-state index in [1.165, 1.54) is 23.9 Å². The Kier molecular flexibility index (Phi) is 22.3. The Morgan fingerprint density at radius 1 is 0.898 bits per heavy atom. The molecule has 0 atom stereocenters. The summed E-state index contributed by atoms with van der Waals surface area (Å²) in [7, 11) is -3.90. The van der Waals surface area contributed by atoms with Gasteiger partial charge in [-0.2, -0.15) is 8.42 Å². The fraction of sp³-hybridized carbons (Fsp3) is 0.613. The predicted molar refractivity (Wildman–Crippen MR) is 203 cm³/mol. The van der Waals surface area contributed by atoms with Gasteiger partial charge in [-0.3, -0.25) is 13.8 Å². The molecule has 0 fully saturated rings. The van der Waals surface area contributed by atoms with E-state index in [0.29, 0.717) is 55.8 Å². The average molecular weight is 868 g/mol. The molecule has 0 radical (unpaired) electrons. The zero-order valence-corrected chi connectivity index (χ0v) is 34.8. The summed E-state index contributed by atoms with van der Waals surface area (Å²) in [4.78, 5) is 23.7. The molecule has 0 aromatic heterocycles. The van der Waals surface area contributed by atoms with E-state index in [9.17, 15) is 18.0 Å². The van der Waals surface area contributed by atoms with Gasteiger partial charge in [0.2, 0.25) is 17.8 Å². The minimum atomic E-state index is -3.90. The second kappa shape index (κ2) is 23.1. The Bertz CT molecular complexity index is 1350. The van der Waals surface area contributed by atoms with Gasteiger partial charge in [0.15, 0.2) is 12.6 Å². The normalized spacial score (nSPS) is 14.8. The minimum Gasteiger partial charge on any atom is -0.353 e. The second-order valence-electron chi connectivity index (χ2n) is 10.6. The van der Waals surface area contributed by atoms with E-state index in [4.69, 9.17) is 92.7 Å². The summed E-state index contributed by atoms with van der Waals surface area (Å²) in [6.07, 6.45) is 0.526. The molecule has 0 spiro atoms. The number of hydrogen-bond donors (Lipinski definition) is 1. The van der Waals surface area contributed by atoms with E-state index in [2.05, 4.69) is 12.6 Å². The number of alkyl halides is 6. The molecule has 0 aliphatic carbocycles. The smallest absolute Gasteiger partial charge is 0.297 e. The van der Waals surface area contributed by atoms with Gasteiger partial charge in [0.05, 0.1) is 24.7 Å². The third-order valence-corrected chi connectivity index (χ3v) is 9.81. The van der Waals surface area contributed by atoms with E-state index < -0.39 is 35.4 Å². The van der Waals surface area contributed by atoms with E-state index in [1.807, 2.05) is 27.7 Å². The molecule has 0 bridgehead atoms. The van der Waals surface area contributed by atoms with Crippen molar-refractivity contribution in [3.63, 3.8) is 0 Å². The number of carbonyl (C=O) groups is 2. The summed E-state index contributed by atoms with van der Waals surface area (Å²) in [5.74, 6) is 0.711. The zero-order chi connectivity index (χ0) is 37.4. The molecular formula is C31H42Cl6O9S3. The summed E-state index contributed by atoms with van der Waals surface area (Å²) in [5.41, 5.74) is 3.69. The number of rotatable bonds is 19. The number of ether oxygens (including phenoxy) is 4. The van der Waals surface area contributed by atoms with Gasteiger partial charge in [-0.15, -0.1) is 12.6 Å². The zero-order valence-electron chi connectivity index (χ0n) is 27.7. The molecule has 0 N–H and O–H groups in total. The number of halogens is 6. The van der Waals surface area contributed by atoms with Crippen molar-refractivity contribution in [3.8, 4) is 0 Å². The monoisotopic (exact) mass is 864 g/mol. The van der Waals surface area contributed by atoms with Crippen LogP contribution >= 0.6 is 94.0 Å². The predicted octanol–water partition coefficient (Wildman–Crippen LogP) is 9.11. The van der Waals surface area contributed by atoms with E-state index in [1.54, 1.807) is 19.1 Å². The highest BCUT2D eigenvalue weighted by Gasteiger charge is 2.28. The van der Waals surface area contributed by atoms with Crippen LogP contribution in [-0.2, 0) is 42.8 Å². The molecule has 18 heteroatoms. The van der Waals surface area contributed by atoms with Gasteiger partial charge in [0, 0.05) is 43.0 Å². The minimum absolute atomic E-state index is 0.0685. The van der Waals surface area contributed by atoms with Crippen LogP contribution in [0.2, 0.25) is 0 Å². The maximum atomic E-state index is 12.3. The Morgan fingerprint density at radius 2 is 1.41 bits per heavy atom. The first-order valence-corrected chi connectivity index (χ1v) is 20.1. The number of thioether (sulfide) groups is 1. The van der Waals surface area contributed by atoms with E-state index in [0.717, 1.165) is 16.7 Å². The van der Waals surface area contributed by atoms with Crippen molar-refractivity contribution < 1.29 is 41.1 Å². The van der Waals surface area contributed by atoms with Gasteiger partial charge in [-0.1, -0.05) is 105 Å². The number of thiol groups is 1. The lowest BCUT2D eigenvalue weighted by Gasteiger charge is -2.23. The molecule has 49 heavy (non-hydrogen) atoms. The number of benzene rings is 1. The molecule has 2 rings (SSSR count). The van der Waals surface area contributed by atoms with Gasteiger partial charge >= 0.3 is 0 Å². The van der Waals surface area contributed by atoms with Crippen LogP contribution in [0.15, 0.2) is 51.5 Å². The quantitative estimate of drug-likeness (QED) is 0.0475. The fourth-order valence-corrected chi connectivity index (χ4v) is 6.66. The van der Waals surface area contributed by atoms with E-state index in [-0.39, 0.29) is 29.8 Å². The highest BCUT2D eigenvalue weighted by atomic mass is 35.6. The van der Waals surface area contributed by atoms with Crippen LogP contribution in [0.3, 0.4) is 0 Å². The Morgan fingerprint density at radius 3 is 1.84 bits per heavy atom. The van der Waals surface area contributed by atoms with Crippen molar-refractivity contribution in [1.82, 2.24) is 0 Å². The van der Waals surface area contributed by atoms with Gasteiger partial charge in [0.25, 0.3) is 10.1 Å². The Balaban J connectivity index is 0.000000500. The van der Waals surface area contributed by atoms with Crippen molar-refractivity contribution in [3.05, 3.63) is 52.1 Å². The summed E-state index contributed by atoms with van der Waals surface area (Å²) >= 11 is 39.1. The van der Waals surface area contributed by atoms with Gasteiger partial charge in [-0.25, -0.2) is 0 Å². The van der Waals surface area contributed by atoms with Crippen LogP contribution in [-0.4, -0.2) is 77.6 Å². The van der Waals surface area contributed by atoms with Crippen LogP contribution in [0.25, 0.3) is 0 Å². The van der Waals surface area contributed by atoms with Crippen molar-refractivity contribution in [2.24, 2.45) is 0 Å². The summed E-state index contributed by atoms with van der Waals surface area (Å²) in [6.45, 7) is 9.59. The number of carbonyl (C=O) groups excluding carboxylic acids is 2. The molecule has 1 aliphatic heterocycles. The summed E-state index contributed by atoms with van der Waals surface area (Å²) in [5, 5.41) is -0.352. The van der Waals surface area contributed by atoms with Crippen LogP contribution in [0.5, 0.6) is 0 Å². The lowest BCUT2D eigenvalue weighted by atomic mass is 10.1. The maximum Gasteiger partial charge on any atom is 0.297 e. The van der Waals surface area contributed by atoms with Crippen molar-refractivity contribution in [2.75, 3.05) is 38.8 Å². The van der Waals surface area contributed by atoms with Crippen LogP contribution in [0, 0.1) is 6.92 Å². The standard InChI is InChI=1S/C19H28O6S2.C12H14Cl6O3S/c1-5-23-18(24-6-2)12-11-17(19(20)26)15(4)13-25-27(21,22)16-9-7-14(3)8-10-16;1-7-4-22-10(19)8(7)2-3-9(20-5-11(13,14)15)21-6-12(16,17)18/h7-10,18H,5-6,11-13H2,1-4H3,(H,20,26);9H,2-6H2,1H3/b17-15-;. The first kappa shape index (κ1) is 47.3. The lowest BCUT2D eigenvalue weighted by Crippen LogP contribution is -2.27. The van der Waals surface area contributed by atoms with Gasteiger partial charge in [-0.05, 0) is 65.2 Å². The third-order valence-electron chi connectivity index (χ3n) is 6.53.